The average Bonchev–Trinajstić information content (AvgIpc) is 3.12. The molecule has 31 heavy (non-hydrogen) atoms. The van der Waals surface area contributed by atoms with Crippen molar-refractivity contribution in [2.24, 2.45) is 0 Å². The molecular formula is C24H27F2NO3S. The Balaban J connectivity index is 1.70. The predicted octanol–water partition coefficient (Wildman–Crippen LogP) is 5.03. The normalized spacial score (nSPS) is 21.9. The monoisotopic (exact) mass is 447 g/mol. The van der Waals surface area contributed by atoms with Gasteiger partial charge in [-0.05, 0) is 42.7 Å². The van der Waals surface area contributed by atoms with Gasteiger partial charge in [0.05, 0.1) is 24.0 Å². The molecule has 0 radical (unpaired) electrons. The van der Waals surface area contributed by atoms with Crippen LogP contribution in [-0.4, -0.2) is 40.9 Å². The van der Waals surface area contributed by atoms with Crippen LogP contribution in [0.5, 0.6) is 5.75 Å². The number of hydrogen-bond donors (Lipinski definition) is 1. The highest BCUT2D eigenvalue weighted by molar-refractivity contribution is 8.00. The molecular weight excluding hydrogens is 420 g/mol. The van der Waals surface area contributed by atoms with E-state index in [2.05, 4.69) is 0 Å². The molecule has 0 aromatic heterocycles. The lowest BCUT2D eigenvalue weighted by Crippen LogP contribution is -2.45. The standard InChI is InChI=1S/C24H27F2NO3S/c1-30-17-10-8-16(9-11-17)18(24(29)12-3-2-4-13-24)14-27-21(28)15-31-23(27)22-19(25)6-5-7-20(22)26/h5-11,18,23,29H,2-4,12-15H2,1H3. The van der Waals surface area contributed by atoms with Gasteiger partial charge in [0.2, 0.25) is 5.91 Å². The van der Waals surface area contributed by atoms with E-state index in [4.69, 9.17) is 4.74 Å². The summed E-state index contributed by atoms with van der Waals surface area (Å²) in [7, 11) is 1.59. The van der Waals surface area contributed by atoms with E-state index < -0.39 is 22.6 Å². The van der Waals surface area contributed by atoms with Crippen molar-refractivity contribution in [2.75, 3.05) is 19.4 Å². The maximum Gasteiger partial charge on any atom is 0.233 e. The fraction of sp³-hybridized carbons (Fsp3) is 0.458. The first kappa shape index (κ1) is 22.1. The highest BCUT2D eigenvalue weighted by Gasteiger charge is 2.44. The van der Waals surface area contributed by atoms with Crippen LogP contribution in [0.3, 0.4) is 0 Å². The van der Waals surface area contributed by atoms with E-state index >= 15 is 0 Å². The molecule has 2 aromatic carbocycles. The summed E-state index contributed by atoms with van der Waals surface area (Å²) in [5.41, 5.74) is -0.177. The first-order valence-corrected chi connectivity index (χ1v) is 11.7. The Hall–Kier alpha value is -2.12. The minimum atomic E-state index is -0.974. The third-order valence-electron chi connectivity index (χ3n) is 6.48. The van der Waals surface area contributed by atoms with Gasteiger partial charge in [0.15, 0.2) is 0 Å². The number of rotatable bonds is 6. The van der Waals surface area contributed by atoms with Gasteiger partial charge in [0, 0.05) is 12.5 Å². The van der Waals surface area contributed by atoms with Crippen molar-refractivity contribution in [3.63, 3.8) is 0 Å². The molecule has 1 amide bonds. The summed E-state index contributed by atoms with van der Waals surface area (Å²) in [6.07, 6.45) is 4.17. The second-order valence-electron chi connectivity index (χ2n) is 8.33. The lowest BCUT2D eigenvalue weighted by Gasteiger charge is -2.42. The second kappa shape index (κ2) is 9.17. The van der Waals surface area contributed by atoms with E-state index in [1.165, 1.54) is 34.9 Å². The molecule has 1 saturated carbocycles. The Morgan fingerprint density at radius 1 is 1.13 bits per heavy atom. The maximum absolute atomic E-state index is 14.5. The smallest absolute Gasteiger partial charge is 0.233 e. The quantitative estimate of drug-likeness (QED) is 0.675. The number of aliphatic hydroxyl groups is 1. The summed E-state index contributed by atoms with van der Waals surface area (Å²) < 4.78 is 34.3. The molecule has 4 nitrogen and oxygen atoms in total. The van der Waals surface area contributed by atoms with Crippen LogP contribution >= 0.6 is 11.8 Å². The summed E-state index contributed by atoms with van der Waals surface area (Å²) in [6.45, 7) is 0.201. The van der Waals surface area contributed by atoms with Crippen LogP contribution in [0.1, 0.15) is 54.5 Å². The molecule has 0 bridgehead atoms. The lowest BCUT2D eigenvalue weighted by atomic mass is 9.72. The number of ether oxygens (including phenoxy) is 1. The van der Waals surface area contributed by atoms with Gasteiger partial charge < -0.3 is 14.7 Å². The SMILES string of the molecule is COc1ccc(C(CN2C(=O)CSC2c2c(F)cccc2F)C2(O)CCCCC2)cc1. The van der Waals surface area contributed by atoms with E-state index in [0.717, 1.165) is 24.8 Å². The molecule has 2 aliphatic rings. The van der Waals surface area contributed by atoms with Crippen molar-refractivity contribution in [1.82, 2.24) is 4.90 Å². The van der Waals surface area contributed by atoms with E-state index in [-0.39, 0.29) is 29.7 Å². The molecule has 2 atom stereocenters. The van der Waals surface area contributed by atoms with Gasteiger partial charge in [-0.3, -0.25) is 4.79 Å². The molecule has 0 spiro atoms. The Morgan fingerprint density at radius 2 is 1.77 bits per heavy atom. The van der Waals surface area contributed by atoms with Gasteiger partial charge in [0.25, 0.3) is 0 Å². The zero-order valence-electron chi connectivity index (χ0n) is 17.5. The predicted molar refractivity (Wildman–Crippen MR) is 117 cm³/mol. The van der Waals surface area contributed by atoms with Crippen LogP contribution < -0.4 is 4.74 Å². The van der Waals surface area contributed by atoms with E-state index in [0.29, 0.717) is 18.6 Å². The highest BCUT2D eigenvalue weighted by atomic mass is 32.2. The number of nitrogens with zero attached hydrogens (tertiary/aromatic N) is 1. The third kappa shape index (κ3) is 4.44. The van der Waals surface area contributed by atoms with Gasteiger partial charge in [-0.1, -0.05) is 37.5 Å². The van der Waals surface area contributed by atoms with Gasteiger partial charge >= 0.3 is 0 Å². The second-order valence-corrected chi connectivity index (χ2v) is 9.40. The first-order chi connectivity index (χ1) is 14.9. The van der Waals surface area contributed by atoms with Gasteiger partial charge in [-0.25, -0.2) is 8.78 Å². The molecule has 1 heterocycles. The summed E-state index contributed by atoms with van der Waals surface area (Å²) in [5.74, 6) is -0.984. The van der Waals surface area contributed by atoms with Crippen molar-refractivity contribution in [3.8, 4) is 5.75 Å². The van der Waals surface area contributed by atoms with Crippen LogP contribution in [-0.2, 0) is 4.79 Å². The molecule has 166 valence electrons. The molecule has 4 rings (SSSR count). The molecule has 2 fully saturated rings. The van der Waals surface area contributed by atoms with Crippen LogP contribution in [0, 0.1) is 11.6 Å². The summed E-state index contributed by atoms with van der Waals surface area (Å²) in [4.78, 5) is 14.3. The molecule has 2 unspecified atom stereocenters. The van der Waals surface area contributed by atoms with Gasteiger partial charge in [-0.15, -0.1) is 11.8 Å². The fourth-order valence-electron chi connectivity index (χ4n) is 4.77. The number of carbonyl (C=O) groups is 1. The third-order valence-corrected chi connectivity index (χ3v) is 7.70. The Bertz CT molecular complexity index is 911. The van der Waals surface area contributed by atoms with Crippen molar-refractivity contribution >= 4 is 17.7 Å². The van der Waals surface area contributed by atoms with Crippen LogP contribution in [0.25, 0.3) is 0 Å². The number of carbonyl (C=O) groups excluding carboxylic acids is 1. The first-order valence-electron chi connectivity index (χ1n) is 10.6. The molecule has 1 saturated heterocycles. The number of hydrogen-bond acceptors (Lipinski definition) is 4. The topological polar surface area (TPSA) is 49.8 Å². The molecule has 1 aliphatic heterocycles. The van der Waals surface area contributed by atoms with Crippen molar-refractivity contribution < 1.29 is 23.4 Å². The average molecular weight is 448 g/mol. The number of benzene rings is 2. The minimum Gasteiger partial charge on any atom is -0.497 e. The fourth-order valence-corrected chi connectivity index (χ4v) is 6.01. The molecule has 1 N–H and O–H groups in total. The van der Waals surface area contributed by atoms with Gasteiger partial charge in [0.1, 0.15) is 22.8 Å². The van der Waals surface area contributed by atoms with Crippen molar-refractivity contribution in [2.45, 2.75) is 49.0 Å². The summed E-state index contributed by atoms with van der Waals surface area (Å²) >= 11 is 1.22. The molecule has 1 aliphatic carbocycles. The number of amides is 1. The molecule has 2 aromatic rings. The molecule has 7 heteroatoms. The largest absolute Gasteiger partial charge is 0.497 e. The van der Waals surface area contributed by atoms with Crippen LogP contribution in [0.4, 0.5) is 8.78 Å². The lowest BCUT2D eigenvalue weighted by molar-refractivity contribution is -0.129. The number of thioether (sulfide) groups is 1. The zero-order chi connectivity index (χ0) is 22.0. The van der Waals surface area contributed by atoms with E-state index in [9.17, 15) is 18.7 Å². The van der Waals surface area contributed by atoms with Crippen LogP contribution in [0.15, 0.2) is 42.5 Å². The zero-order valence-corrected chi connectivity index (χ0v) is 18.3. The summed E-state index contributed by atoms with van der Waals surface area (Å²) in [6, 6.07) is 11.2. The minimum absolute atomic E-state index is 0.0949. The summed E-state index contributed by atoms with van der Waals surface area (Å²) in [5, 5.41) is 10.9. The highest BCUT2D eigenvalue weighted by Crippen LogP contribution is 2.46. The van der Waals surface area contributed by atoms with Crippen molar-refractivity contribution in [1.29, 1.82) is 0 Å². The Labute approximate surface area is 185 Å². The maximum atomic E-state index is 14.5. The van der Waals surface area contributed by atoms with Crippen molar-refractivity contribution in [3.05, 3.63) is 65.2 Å². The van der Waals surface area contributed by atoms with Gasteiger partial charge in [-0.2, -0.15) is 0 Å². The number of methoxy groups -OCH3 is 1. The van der Waals surface area contributed by atoms with E-state index in [1.54, 1.807) is 7.11 Å². The van der Waals surface area contributed by atoms with Crippen LogP contribution in [0.2, 0.25) is 0 Å². The Morgan fingerprint density at radius 3 is 2.39 bits per heavy atom. The Kier molecular flexibility index (Phi) is 6.53. The van der Waals surface area contributed by atoms with E-state index in [1.807, 2.05) is 24.3 Å². The number of halogens is 2.